The fraction of sp³-hybridized carbons (Fsp3) is 0.235. The molecule has 0 fully saturated rings. The van der Waals surface area contributed by atoms with E-state index in [1.54, 1.807) is 42.5 Å². The maximum atomic E-state index is 14.4. The first kappa shape index (κ1) is 31.8. The summed E-state index contributed by atoms with van der Waals surface area (Å²) in [6, 6.07) is 30.4. The second-order valence-electron chi connectivity index (χ2n) is 10.7. The van der Waals surface area contributed by atoms with Crippen LogP contribution in [0.5, 0.6) is 0 Å². The normalized spacial score (nSPS) is 12.0. The number of aryl methyl sites for hydroxylation is 1. The van der Waals surface area contributed by atoms with Gasteiger partial charge in [-0.25, -0.2) is 8.42 Å². The summed E-state index contributed by atoms with van der Waals surface area (Å²) in [6.07, 6.45) is 0.253. The van der Waals surface area contributed by atoms with Crippen LogP contribution in [0.2, 0.25) is 5.02 Å². The number of carbonyl (C=O) groups is 2. The zero-order chi connectivity index (χ0) is 31.0. The molecule has 0 saturated carbocycles. The van der Waals surface area contributed by atoms with Gasteiger partial charge >= 0.3 is 0 Å². The number of anilines is 1. The molecule has 0 unspecified atom stereocenters. The quantitative estimate of drug-likeness (QED) is 0.211. The highest BCUT2D eigenvalue weighted by atomic mass is 35.5. The molecule has 0 bridgehead atoms. The van der Waals surface area contributed by atoms with Gasteiger partial charge in [0.05, 0.1) is 10.6 Å². The highest BCUT2D eigenvalue weighted by molar-refractivity contribution is 7.92. The summed E-state index contributed by atoms with van der Waals surface area (Å²) in [7, 11) is -4.16. The molecule has 1 N–H and O–H groups in total. The third kappa shape index (κ3) is 8.46. The van der Waals surface area contributed by atoms with E-state index in [1.807, 2.05) is 75.4 Å². The van der Waals surface area contributed by atoms with Crippen molar-refractivity contribution in [1.29, 1.82) is 0 Å². The average Bonchev–Trinajstić information content (AvgIpc) is 2.99. The van der Waals surface area contributed by atoms with E-state index in [0.717, 1.165) is 21.0 Å². The van der Waals surface area contributed by atoms with Gasteiger partial charge < -0.3 is 10.2 Å². The van der Waals surface area contributed by atoms with E-state index in [4.69, 9.17) is 11.6 Å². The molecular weight excluding hydrogens is 582 g/mol. The Labute approximate surface area is 259 Å². The van der Waals surface area contributed by atoms with Crippen molar-refractivity contribution in [3.05, 3.63) is 131 Å². The van der Waals surface area contributed by atoms with Gasteiger partial charge in [0.25, 0.3) is 10.0 Å². The molecule has 43 heavy (non-hydrogen) atoms. The number of carbonyl (C=O) groups excluding carboxylic acids is 2. The van der Waals surface area contributed by atoms with Gasteiger partial charge in [0, 0.05) is 24.0 Å². The molecule has 2 amide bonds. The largest absolute Gasteiger partial charge is 0.352 e. The van der Waals surface area contributed by atoms with Crippen LogP contribution in [0.3, 0.4) is 0 Å². The molecule has 0 spiro atoms. The highest BCUT2D eigenvalue weighted by Crippen LogP contribution is 2.26. The lowest BCUT2D eigenvalue weighted by Crippen LogP contribution is -2.54. The summed E-state index contributed by atoms with van der Waals surface area (Å²) < 4.78 is 29.0. The summed E-state index contributed by atoms with van der Waals surface area (Å²) in [6.45, 7) is 5.28. The molecule has 0 radical (unpaired) electrons. The van der Waals surface area contributed by atoms with Crippen molar-refractivity contribution >= 4 is 39.1 Å². The van der Waals surface area contributed by atoms with Crippen molar-refractivity contribution in [2.75, 3.05) is 10.8 Å². The number of sulfonamides is 1. The Kier molecular flexibility index (Phi) is 10.6. The maximum Gasteiger partial charge on any atom is 0.264 e. The molecule has 4 rings (SSSR count). The van der Waals surface area contributed by atoms with E-state index in [2.05, 4.69) is 5.32 Å². The van der Waals surface area contributed by atoms with E-state index in [1.165, 1.54) is 17.0 Å². The number of nitrogens with zero attached hydrogens (tertiary/aromatic N) is 2. The molecule has 7 nitrogen and oxygen atoms in total. The van der Waals surface area contributed by atoms with Crippen molar-refractivity contribution in [3.63, 3.8) is 0 Å². The fourth-order valence-electron chi connectivity index (χ4n) is 4.68. The van der Waals surface area contributed by atoms with E-state index >= 15 is 0 Å². The Balaban J connectivity index is 1.79. The molecule has 0 aliphatic rings. The molecule has 9 heteroatoms. The van der Waals surface area contributed by atoms with Crippen molar-refractivity contribution < 1.29 is 18.0 Å². The lowest BCUT2D eigenvalue weighted by atomic mass is 10.0. The Morgan fingerprint density at radius 1 is 0.791 bits per heavy atom. The number of hydrogen-bond donors (Lipinski definition) is 1. The number of amides is 2. The van der Waals surface area contributed by atoms with Gasteiger partial charge in [-0.3, -0.25) is 13.9 Å². The van der Waals surface area contributed by atoms with E-state index in [-0.39, 0.29) is 35.5 Å². The monoisotopic (exact) mass is 617 g/mol. The number of nitrogens with one attached hydrogen (secondary N) is 1. The van der Waals surface area contributed by atoms with Crippen LogP contribution < -0.4 is 9.62 Å². The lowest BCUT2D eigenvalue weighted by Gasteiger charge is -2.34. The SMILES string of the molecule is Cc1ccc(CN(C(=O)CN(c2ccc(Cl)cc2)S(=O)(=O)c2ccccc2)[C@H](Cc2ccccc2)C(=O)NC(C)C)cc1. The number of hydrogen-bond acceptors (Lipinski definition) is 4. The van der Waals surface area contributed by atoms with Gasteiger partial charge in [0.15, 0.2) is 0 Å². The lowest BCUT2D eigenvalue weighted by molar-refractivity contribution is -0.140. The highest BCUT2D eigenvalue weighted by Gasteiger charge is 2.34. The standard InChI is InChI=1S/C34H36ClN3O4S/c1-25(2)36-34(40)32(22-27-10-6-4-7-11-27)37(23-28-16-14-26(3)15-17-28)33(39)24-38(30-20-18-29(35)19-21-30)43(41,42)31-12-8-5-9-13-31/h4-21,25,32H,22-24H2,1-3H3,(H,36,40)/t32-/m1/s1. The van der Waals surface area contributed by atoms with Crippen molar-refractivity contribution in [1.82, 2.24) is 10.2 Å². The molecule has 0 aliphatic heterocycles. The Hall–Kier alpha value is -4.14. The van der Waals surface area contributed by atoms with E-state index in [0.29, 0.717) is 5.02 Å². The third-order valence-electron chi connectivity index (χ3n) is 6.90. The minimum Gasteiger partial charge on any atom is -0.352 e. The molecule has 0 aliphatic carbocycles. The summed E-state index contributed by atoms with van der Waals surface area (Å²) in [4.78, 5) is 29.6. The molecule has 4 aromatic carbocycles. The first-order valence-corrected chi connectivity index (χ1v) is 15.9. The summed E-state index contributed by atoms with van der Waals surface area (Å²) in [5.74, 6) is -0.835. The predicted octanol–water partition coefficient (Wildman–Crippen LogP) is 6.01. The number of halogens is 1. The summed E-state index contributed by atoms with van der Waals surface area (Å²) >= 11 is 6.11. The van der Waals surface area contributed by atoms with Crippen LogP contribution in [-0.4, -0.2) is 43.8 Å². The van der Waals surface area contributed by atoms with Gasteiger partial charge in [0.2, 0.25) is 11.8 Å². The number of rotatable bonds is 12. The van der Waals surface area contributed by atoms with Crippen LogP contribution in [0.1, 0.15) is 30.5 Å². The predicted molar refractivity (Wildman–Crippen MR) is 171 cm³/mol. The van der Waals surface area contributed by atoms with Crippen LogP contribution in [-0.2, 0) is 32.6 Å². The van der Waals surface area contributed by atoms with Gasteiger partial charge in [-0.05, 0) is 68.3 Å². The van der Waals surface area contributed by atoms with E-state index < -0.39 is 28.5 Å². The second kappa shape index (κ2) is 14.4. The minimum atomic E-state index is -4.16. The first-order chi connectivity index (χ1) is 20.5. The van der Waals surface area contributed by atoms with Crippen LogP contribution in [0.15, 0.2) is 114 Å². The van der Waals surface area contributed by atoms with Crippen molar-refractivity contribution in [3.8, 4) is 0 Å². The topological polar surface area (TPSA) is 86.8 Å². The molecule has 4 aromatic rings. The smallest absolute Gasteiger partial charge is 0.264 e. The molecule has 0 aromatic heterocycles. The van der Waals surface area contributed by atoms with Crippen LogP contribution in [0.4, 0.5) is 5.69 Å². The van der Waals surface area contributed by atoms with Gasteiger partial charge in [0.1, 0.15) is 12.6 Å². The van der Waals surface area contributed by atoms with E-state index in [9.17, 15) is 18.0 Å². The van der Waals surface area contributed by atoms with Crippen molar-refractivity contribution in [2.24, 2.45) is 0 Å². The van der Waals surface area contributed by atoms with Crippen molar-refractivity contribution in [2.45, 2.75) is 50.7 Å². The van der Waals surface area contributed by atoms with Gasteiger partial charge in [-0.2, -0.15) is 0 Å². The zero-order valence-electron chi connectivity index (χ0n) is 24.5. The van der Waals surface area contributed by atoms with Crippen LogP contribution in [0, 0.1) is 6.92 Å². The van der Waals surface area contributed by atoms with Gasteiger partial charge in [-0.15, -0.1) is 0 Å². The fourth-order valence-corrected chi connectivity index (χ4v) is 6.24. The van der Waals surface area contributed by atoms with Gasteiger partial charge in [-0.1, -0.05) is 90.0 Å². The third-order valence-corrected chi connectivity index (χ3v) is 8.94. The second-order valence-corrected chi connectivity index (χ2v) is 13.0. The van der Waals surface area contributed by atoms with Crippen LogP contribution in [0.25, 0.3) is 0 Å². The number of benzene rings is 4. The minimum absolute atomic E-state index is 0.0428. The maximum absolute atomic E-state index is 14.4. The Morgan fingerprint density at radius 3 is 1.95 bits per heavy atom. The molecule has 0 heterocycles. The summed E-state index contributed by atoms with van der Waals surface area (Å²) in [5.41, 5.74) is 3.03. The molecule has 0 saturated heterocycles. The molecular formula is C34H36ClN3O4S. The molecule has 224 valence electrons. The Bertz CT molecular complexity index is 1610. The molecule has 1 atom stereocenters. The Morgan fingerprint density at radius 2 is 1.37 bits per heavy atom. The summed E-state index contributed by atoms with van der Waals surface area (Å²) in [5, 5.41) is 3.39. The zero-order valence-corrected chi connectivity index (χ0v) is 26.1. The van der Waals surface area contributed by atoms with Crippen LogP contribution >= 0.6 is 11.6 Å². The first-order valence-electron chi connectivity index (χ1n) is 14.1. The average molecular weight is 618 g/mol.